The van der Waals surface area contributed by atoms with Crippen LogP contribution >= 0.6 is 0 Å². The van der Waals surface area contributed by atoms with E-state index in [2.05, 4.69) is 22.8 Å². The maximum absolute atomic E-state index is 14.4. The van der Waals surface area contributed by atoms with Crippen molar-refractivity contribution < 1.29 is 23.8 Å². The lowest BCUT2D eigenvalue weighted by atomic mass is 9.78. The molecule has 1 atom stereocenters. The minimum absolute atomic E-state index is 0.0758. The van der Waals surface area contributed by atoms with Crippen molar-refractivity contribution in [3.8, 4) is 5.75 Å². The molecule has 3 N–H and O–H groups in total. The van der Waals surface area contributed by atoms with Gasteiger partial charge in [0.15, 0.2) is 5.84 Å². The molecule has 1 fully saturated rings. The molecule has 146 valence electrons. The Kier molecular flexibility index (Phi) is 5.05. The summed E-state index contributed by atoms with van der Waals surface area (Å²) in [5.74, 6) is -0.170. The maximum atomic E-state index is 14.4. The van der Waals surface area contributed by atoms with Gasteiger partial charge in [-0.3, -0.25) is 9.59 Å². The fourth-order valence-corrected chi connectivity index (χ4v) is 3.36. The summed E-state index contributed by atoms with van der Waals surface area (Å²) < 4.78 is 20.0. The molecule has 0 saturated carbocycles. The number of rotatable bonds is 2. The molecule has 1 aromatic rings. The van der Waals surface area contributed by atoms with E-state index in [9.17, 15) is 9.18 Å². The number of nitrogens with zero attached hydrogens (tertiary/aromatic N) is 2. The molecule has 0 aromatic heterocycles. The maximum Gasteiger partial charge on any atom is 0.300 e. The molecule has 3 aliphatic heterocycles. The Morgan fingerprint density at radius 3 is 2.74 bits per heavy atom. The number of carbonyl (C=O) groups is 2. The smallest absolute Gasteiger partial charge is 0.300 e. The summed E-state index contributed by atoms with van der Waals surface area (Å²) in [4.78, 5) is 22.7. The molecular formula is C18H23FN4O4. The average Bonchev–Trinajstić information content (AvgIpc) is 2.56. The summed E-state index contributed by atoms with van der Waals surface area (Å²) in [5.41, 5.74) is 3.93. The van der Waals surface area contributed by atoms with Crippen LogP contribution in [0.15, 0.2) is 17.2 Å². The number of hydrogen-bond acceptors (Lipinski definition) is 6. The molecule has 3 aliphatic rings. The molecular weight excluding hydrogens is 355 g/mol. The summed E-state index contributed by atoms with van der Waals surface area (Å²) in [6.45, 7) is 7.02. The summed E-state index contributed by atoms with van der Waals surface area (Å²) in [5, 5.41) is 14.7. The molecule has 1 amide bonds. The van der Waals surface area contributed by atoms with Gasteiger partial charge in [-0.1, -0.05) is 6.92 Å². The van der Waals surface area contributed by atoms with E-state index in [1.54, 1.807) is 13.0 Å². The normalized spacial score (nSPS) is 21.9. The topological polar surface area (TPSA) is 103 Å². The third-order valence-corrected chi connectivity index (χ3v) is 4.81. The molecule has 4 rings (SSSR count). The number of carboxylic acid groups (broad SMARTS) is 1. The van der Waals surface area contributed by atoms with Crippen molar-refractivity contribution in [2.45, 2.75) is 33.2 Å². The number of amidine groups is 1. The number of carboxylic acids is 1. The number of aliphatic carboxylic acids is 1. The van der Waals surface area contributed by atoms with Crippen molar-refractivity contribution in [1.29, 1.82) is 0 Å². The molecule has 9 heteroatoms. The van der Waals surface area contributed by atoms with E-state index >= 15 is 0 Å². The van der Waals surface area contributed by atoms with Gasteiger partial charge in [-0.05, 0) is 30.4 Å². The van der Waals surface area contributed by atoms with E-state index in [1.165, 1.54) is 6.07 Å². The van der Waals surface area contributed by atoms with Crippen molar-refractivity contribution in [3.63, 3.8) is 0 Å². The zero-order valence-electron chi connectivity index (χ0n) is 15.5. The van der Waals surface area contributed by atoms with E-state index in [-0.39, 0.29) is 23.7 Å². The first-order valence-corrected chi connectivity index (χ1v) is 8.71. The lowest BCUT2D eigenvalue weighted by Crippen LogP contribution is -2.55. The van der Waals surface area contributed by atoms with Crippen molar-refractivity contribution in [1.82, 2.24) is 10.7 Å². The van der Waals surface area contributed by atoms with Gasteiger partial charge in [-0.2, -0.15) is 5.10 Å². The van der Waals surface area contributed by atoms with Crippen LogP contribution in [0.1, 0.15) is 26.3 Å². The Labute approximate surface area is 156 Å². The molecule has 8 nitrogen and oxygen atoms in total. The number of anilines is 1. The van der Waals surface area contributed by atoms with Crippen LogP contribution in [0.5, 0.6) is 5.75 Å². The van der Waals surface area contributed by atoms with Crippen molar-refractivity contribution in [3.05, 3.63) is 23.5 Å². The van der Waals surface area contributed by atoms with Crippen LogP contribution < -0.4 is 20.4 Å². The zero-order chi connectivity index (χ0) is 19.8. The first-order chi connectivity index (χ1) is 12.7. The van der Waals surface area contributed by atoms with Gasteiger partial charge in [-0.25, -0.2) is 9.82 Å². The number of benzene rings is 1. The molecule has 0 aliphatic carbocycles. The van der Waals surface area contributed by atoms with Crippen LogP contribution in [0.4, 0.5) is 10.1 Å². The molecule has 3 heterocycles. The Morgan fingerprint density at radius 2 is 2.15 bits per heavy atom. The second kappa shape index (κ2) is 7.15. The van der Waals surface area contributed by atoms with Crippen molar-refractivity contribution in [2.75, 3.05) is 24.6 Å². The van der Waals surface area contributed by atoms with Gasteiger partial charge in [0, 0.05) is 26.1 Å². The van der Waals surface area contributed by atoms with E-state index in [1.807, 2.05) is 4.90 Å². The van der Waals surface area contributed by atoms with Crippen molar-refractivity contribution in [2.24, 2.45) is 10.5 Å². The highest BCUT2D eigenvalue weighted by molar-refractivity contribution is 6.09. The average molecular weight is 378 g/mol. The van der Waals surface area contributed by atoms with E-state index in [0.717, 1.165) is 20.0 Å². The van der Waals surface area contributed by atoms with Gasteiger partial charge in [0.1, 0.15) is 24.2 Å². The van der Waals surface area contributed by atoms with Gasteiger partial charge < -0.3 is 20.1 Å². The number of hydrazone groups is 1. The van der Waals surface area contributed by atoms with E-state index < -0.39 is 12.0 Å². The fraction of sp³-hybridized carbons (Fsp3) is 0.500. The number of carbonyl (C=O) groups excluding carboxylic acids is 1. The molecule has 1 saturated heterocycles. The quantitative estimate of drug-likeness (QED) is 0.712. The van der Waals surface area contributed by atoms with Crippen molar-refractivity contribution >= 4 is 23.4 Å². The predicted octanol–water partition coefficient (Wildman–Crippen LogP) is 1.10. The monoisotopic (exact) mass is 378 g/mol. The molecule has 0 spiro atoms. The van der Waals surface area contributed by atoms with E-state index in [4.69, 9.17) is 14.6 Å². The van der Waals surface area contributed by atoms with Crippen LogP contribution in [0, 0.1) is 11.2 Å². The third-order valence-electron chi connectivity index (χ3n) is 4.81. The fourth-order valence-electron chi connectivity index (χ4n) is 3.36. The second-order valence-electron chi connectivity index (χ2n) is 7.36. The van der Waals surface area contributed by atoms with E-state index in [0.29, 0.717) is 29.3 Å². The number of hydrogen-bond donors (Lipinski definition) is 3. The van der Waals surface area contributed by atoms with Crippen LogP contribution in [-0.4, -0.2) is 48.6 Å². The van der Waals surface area contributed by atoms with Crippen LogP contribution in [0.2, 0.25) is 0 Å². The van der Waals surface area contributed by atoms with Crippen LogP contribution in [0.25, 0.3) is 0 Å². The molecule has 1 unspecified atom stereocenters. The zero-order valence-corrected chi connectivity index (χ0v) is 15.5. The van der Waals surface area contributed by atoms with Gasteiger partial charge in [0.2, 0.25) is 0 Å². The molecule has 0 radical (unpaired) electrons. The van der Waals surface area contributed by atoms with Crippen LogP contribution in [0.3, 0.4) is 0 Å². The summed E-state index contributed by atoms with van der Waals surface area (Å²) in [7, 11) is 0. The number of fused-ring (bicyclic) bond motifs is 3. The molecule has 27 heavy (non-hydrogen) atoms. The molecule has 1 aromatic carbocycles. The Bertz CT molecular complexity index is 803. The SMILES string of the molecule is CC(=O)O.CC1C(=O)NN=C2COc3cc(F)c(CC4(C)CNC4)cc3N21. The van der Waals surface area contributed by atoms with Gasteiger partial charge in [0.25, 0.3) is 11.9 Å². The first-order valence-electron chi connectivity index (χ1n) is 8.71. The lowest BCUT2D eigenvalue weighted by Gasteiger charge is -2.41. The summed E-state index contributed by atoms with van der Waals surface area (Å²) >= 11 is 0. The Hall–Kier alpha value is -2.68. The number of amides is 1. The Morgan fingerprint density at radius 1 is 1.48 bits per heavy atom. The minimum atomic E-state index is -0.833. The standard InChI is InChI=1S/C16H19FN4O2.C2H4O2/c1-9-15(22)20-19-14-6-23-13-4-11(17)10(3-12(13)21(9)14)5-16(2)7-18-8-16;1-2(3)4/h3-4,9,18H,5-8H2,1-2H3,(H,20,22);1H3,(H,3,4). The van der Waals surface area contributed by atoms with Gasteiger partial charge in [0.05, 0.1) is 5.69 Å². The minimum Gasteiger partial charge on any atom is -0.483 e. The number of ether oxygens (including phenoxy) is 1. The lowest BCUT2D eigenvalue weighted by molar-refractivity contribution is -0.134. The van der Waals surface area contributed by atoms with Gasteiger partial charge >= 0.3 is 0 Å². The summed E-state index contributed by atoms with van der Waals surface area (Å²) in [6, 6.07) is 2.83. The molecule has 0 bridgehead atoms. The third kappa shape index (κ3) is 3.87. The highest BCUT2D eigenvalue weighted by atomic mass is 19.1. The highest BCUT2D eigenvalue weighted by Crippen LogP contribution is 2.38. The predicted molar refractivity (Wildman–Crippen MR) is 97.4 cm³/mol. The number of nitrogens with one attached hydrogen (secondary N) is 2. The van der Waals surface area contributed by atoms with Crippen LogP contribution in [-0.2, 0) is 16.0 Å². The summed E-state index contributed by atoms with van der Waals surface area (Å²) in [6.07, 6.45) is 0.653. The first kappa shape index (κ1) is 19.1. The largest absolute Gasteiger partial charge is 0.483 e. The van der Waals surface area contributed by atoms with Gasteiger partial charge in [-0.15, -0.1) is 0 Å². The Balaban J connectivity index is 0.000000481. The highest BCUT2D eigenvalue weighted by Gasteiger charge is 2.37. The second-order valence-corrected chi connectivity index (χ2v) is 7.36. The number of halogens is 1.